The van der Waals surface area contributed by atoms with Crippen LogP contribution >= 0.6 is 11.3 Å². The third-order valence-corrected chi connectivity index (χ3v) is 8.52. The normalized spacial score (nSPS) is 12.1. The van der Waals surface area contributed by atoms with Crippen LogP contribution in [0.2, 0.25) is 0 Å². The highest BCUT2D eigenvalue weighted by molar-refractivity contribution is 7.20. The van der Waals surface area contributed by atoms with E-state index in [9.17, 15) is 0 Å². The van der Waals surface area contributed by atoms with Crippen LogP contribution in [0.15, 0.2) is 103 Å². The van der Waals surface area contributed by atoms with E-state index in [1.54, 1.807) is 0 Å². The summed E-state index contributed by atoms with van der Waals surface area (Å²) in [6, 6.07) is 35.1. The zero-order valence-corrected chi connectivity index (χ0v) is 21.4. The molecule has 0 aliphatic rings. The van der Waals surface area contributed by atoms with Gasteiger partial charge in [-0.3, -0.25) is 4.40 Å². The van der Waals surface area contributed by atoms with Gasteiger partial charge in [0.1, 0.15) is 5.65 Å². The minimum Gasteiger partial charge on any atom is -0.309 e. The fourth-order valence-electron chi connectivity index (χ4n) is 5.79. The monoisotopic (exact) mass is 493 g/mol. The number of pyridine rings is 1. The van der Waals surface area contributed by atoms with Crippen LogP contribution in [0.3, 0.4) is 0 Å². The molecule has 8 aromatic rings. The molecule has 0 saturated carbocycles. The van der Waals surface area contributed by atoms with Crippen molar-refractivity contribution >= 4 is 59.8 Å². The lowest BCUT2D eigenvalue weighted by Crippen LogP contribution is -1.93. The molecule has 0 saturated heterocycles. The molecular formula is C33H23N3S. The van der Waals surface area contributed by atoms with Crippen molar-refractivity contribution in [2.45, 2.75) is 13.8 Å². The number of benzene rings is 4. The van der Waals surface area contributed by atoms with Gasteiger partial charge in [-0.15, -0.1) is 11.3 Å². The summed E-state index contributed by atoms with van der Waals surface area (Å²) in [5.74, 6) is 0. The van der Waals surface area contributed by atoms with Crippen molar-refractivity contribution in [1.29, 1.82) is 0 Å². The lowest BCUT2D eigenvalue weighted by atomic mass is 10.1. The van der Waals surface area contributed by atoms with Crippen molar-refractivity contribution in [2.75, 3.05) is 0 Å². The first-order valence-corrected chi connectivity index (χ1v) is 13.4. The number of imidazole rings is 1. The summed E-state index contributed by atoms with van der Waals surface area (Å²) < 4.78 is 5.96. The molecule has 3 nitrogen and oxygen atoms in total. The fourth-order valence-corrected chi connectivity index (χ4v) is 6.84. The van der Waals surface area contributed by atoms with Gasteiger partial charge in [0.2, 0.25) is 0 Å². The molecule has 0 aliphatic carbocycles. The van der Waals surface area contributed by atoms with Crippen molar-refractivity contribution in [3.8, 4) is 16.9 Å². The number of fused-ring (bicyclic) bond motifs is 9. The van der Waals surface area contributed by atoms with Gasteiger partial charge in [-0.05, 0) is 56.3 Å². The van der Waals surface area contributed by atoms with E-state index >= 15 is 0 Å². The average molecular weight is 494 g/mol. The average Bonchev–Trinajstić information content (AvgIpc) is 3.62. The number of rotatable bonds is 2. The Bertz CT molecular complexity index is 2160. The van der Waals surface area contributed by atoms with Crippen LogP contribution in [-0.4, -0.2) is 14.0 Å². The largest absolute Gasteiger partial charge is 0.309 e. The van der Waals surface area contributed by atoms with E-state index in [4.69, 9.17) is 4.98 Å². The van der Waals surface area contributed by atoms with E-state index in [0.717, 1.165) is 16.9 Å². The van der Waals surface area contributed by atoms with Gasteiger partial charge in [-0.25, -0.2) is 4.98 Å². The predicted molar refractivity (Wildman–Crippen MR) is 157 cm³/mol. The molecule has 4 heterocycles. The molecular weight excluding hydrogens is 470 g/mol. The number of thiophene rings is 1. The van der Waals surface area contributed by atoms with Gasteiger partial charge in [-0.1, -0.05) is 60.2 Å². The third-order valence-electron chi connectivity index (χ3n) is 7.44. The molecule has 0 spiro atoms. The van der Waals surface area contributed by atoms with Gasteiger partial charge in [0, 0.05) is 43.9 Å². The number of nitrogens with zero attached hydrogens (tertiary/aromatic N) is 3. The molecule has 0 N–H and O–H groups in total. The summed E-state index contributed by atoms with van der Waals surface area (Å²) in [5.41, 5.74) is 9.24. The van der Waals surface area contributed by atoms with Crippen molar-refractivity contribution in [1.82, 2.24) is 14.0 Å². The number of hydrogen-bond donors (Lipinski definition) is 0. The Balaban J connectivity index is 1.43. The molecule has 0 amide bonds. The standard InChI is InChI=1S/C33H23N3S/c1-20-12-14-29-26(16-20)27-18-22(13-15-30(27)36(29)23-8-4-3-5-9-23)28-19-35-31-17-21(2)37-32(31)24-10-6-7-11-25(24)33(35)34-28/h3-19H,1-2H3. The summed E-state index contributed by atoms with van der Waals surface area (Å²) in [5, 5.41) is 4.99. The van der Waals surface area contributed by atoms with Gasteiger partial charge >= 0.3 is 0 Å². The lowest BCUT2D eigenvalue weighted by Gasteiger charge is -2.07. The van der Waals surface area contributed by atoms with Gasteiger partial charge in [-0.2, -0.15) is 0 Å². The minimum atomic E-state index is 0.997. The first-order valence-electron chi connectivity index (χ1n) is 12.6. The maximum Gasteiger partial charge on any atom is 0.145 e. The van der Waals surface area contributed by atoms with E-state index in [2.05, 4.69) is 126 Å². The molecule has 37 heavy (non-hydrogen) atoms. The lowest BCUT2D eigenvalue weighted by molar-refractivity contribution is 1.18. The SMILES string of the molecule is Cc1ccc2c(c1)c1cc(-c3cn4c5cc(C)sc5c5ccccc5c4n3)ccc1n2-c1ccccc1. The van der Waals surface area contributed by atoms with E-state index in [-0.39, 0.29) is 0 Å². The zero-order chi connectivity index (χ0) is 24.7. The summed E-state index contributed by atoms with van der Waals surface area (Å²) in [6.45, 7) is 4.35. The smallest absolute Gasteiger partial charge is 0.145 e. The summed E-state index contributed by atoms with van der Waals surface area (Å²) in [6.07, 6.45) is 2.21. The first-order chi connectivity index (χ1) is 18.2. The van der Waals surface area contributed by atoms with Gasteiger partial charge < -0.3 is 4.57 Å². The number of aryl methyl sites for hydroxylation is 2. The molecule has 0 fully saturated rings. The Labute approximate surface area is 217 Å². The van der Waals surface area contributed by atoms with Crippen LogP contribution in [0.5, 0.6) is 0 Å². The molecule has 0 aliphatic heterocycles. The quantitative estimate of drug-likeness (QED) is 0.235. The highest BCUT2D eigenvalue weighted by Crippen LogP contribution is 2.38. The molecule has 8 rings (SSSR count). The van der Waals surface area contributed by atoms with Crippen molar-refractivity contribution in [3.63, 3.8) is 0 Å². The summed E-state index contributed by atoms with van der Waals surface area (Å²) in [7, 11) is 0. The Morgan fingerprint density at radius 1 is 0.649 bits per heavy atom. The second-order valence-corrected chi connectivity index (χ2v) is 11.1. The van der Waals surface area contributed by atoms with E-state index < -0.39 is 0 Å². The Hall–Kier alpha value is -4.41. The summed E-state index contributed by atoms with van der Waals surface area (Å²) in [4.78, 5) is 6.51. The van der Waals surface area contributed by atoms with Crippen LogP contribution < -0.4 is 0 Å². The maximum absolute atomic E-state index is 5.20. The first kappa shape index (κ1) is 20.7. The second kappa shape index (κ2) is 7.55. The van der Waals surface area contributed by atoms with E-state index in [1.807, 2.05) is 11.3 Å². The van der Waals surface area contributed by atoms with Crippen LogP contribution in [0.1, 0.15) is 10.4 Å². The topological polar surface area (TPSA) is 22.2 Å². The molecule has 0 bridgehead atoms. The molecule has 0 unspecified atom stereocenters. The predicted octanol–water partition coefficient (Wildman–Crippen LogP) is 9.08. The third kappa shape index (κ3) is 2.96. The fraction of sp³-hybridized carbons (Fsp3) is 0.0606. The van der Waals surface area contributed by atoms with E-state index in [0.29, 0.717) is 0 Å². The Morgan fingerprint density at radius 2 is 1.38 bits per heavy atom. The summed E-state index contributed by atoms with van der Waals surface area (Å²) >= 11 is 1.86. The minimum absolute atomic E-state index is 0.997. The van der Waals surface area contributed by atoms with Crippen molar-refractivity contribution in [2.24, 2.45) is 0 Å². The Morgan fingerprint density at radius 3 is 2.22 bits per heavy atom. The van der Waals surface area contributed by atoms with E-state index in [1.165, 1.54) is 58.9 Å². The number of aromatic nitrogens is 3. The highest BCUT2D eigenvalue weighted by atomic mass is 32.1. The van der Waals surface area contributed by atoms with Gasteiger partial charge in [0.25, 0.3) is 0 Å². The van der Waals surface area contributed by atoms with Gasteiger partial charge in [0.05, 0.1) is 26.9 Å². The maximum atomic E-state index is 5.20. The molecule has 4 aromatic carbocycles. The molecule has 0 atom stereocenters. The van der Waals surface area contributed by atoms with Crippen molar-refractivity contribution in [3.05, 3.63) is 114 Å². The second-order valence-electron chi connectivity index (χ2n) is 9.86. The Kier molecular flexibility index (Phi) is 4.23. The molecule has 176 valence electrons. The molecule has 0 radical (unpaired) electrons. The highest BCUT2D eigenvalue weighted by Gasteiger charge is 2.17. The van der Waals surface area contributed by atoms with Crippen LogP contribution in [0, 0.1) is 13.8 Å². The van der Waals surface area contributed by atoms with Crippen molar-refractivity contribution < 1.29 is 0 Å². The zero-order valence-electron chi connectivity index (χ0n) is 20.6. The number of para-hydroxylation sites is 1. The molecule has 4 heteroatoms. The van der Waals surface area contributed by atoms with Crippen LogP contribution in [0.4, 0.5) is 0 Å². The van der Waals surface area contributed by atoms with Gasteiger partial charge in [0.15, 0.2) is 0 Å². The molecule has 4 aromatic heterocycles. The van der Waals surface area contributed by atoms with Crippen LogP contribution in [0.25, 0.3) is 65.4 Å². The number of hydrogen-bond acceptors (Lipinski definition) is 2. The van der Waals surface area contributed by atoms with Crippen LogP contribution in [-0.2, 0) is 0 Å².